The van der Waals surface area contributed by atoms with Gasteiger partial charge in [-0.2, -0.15) is 0 Å². The quantitative estimate of drug-likeness (QED) is 0.197. The van der Waals surface area contributed by atoms with Gasteiger partial charge in [-0.05, 0) is 61.8 Å². The number of aryl methyl sites for hydroxylation is 1. The summed E-state index contributed by atoms with van der Waals surface area (Å²) in [6.45, 7) is 5.66. The fraction of sp³-hybridized carbons (Fsp3) is 0.406. The lowest BCUT2D eigenvalue weighted by atomic mass is 9.97. The number of anilines is 1. The summed E-state index contributed by atoms with van der Waals surface area (Å²) >= 11 is 1.43. The van der Waals surface area contributed by atoms with Crippen molar-refractivity contribution in [2.75, 3.05) is 5.32 Å². The van der Waals surface area contributed by atoms with Crippen LogP contribution in [-0.4, -0.2) is 27.9 Å². The van der Waals surface area contributed by atoms with Gasteiger partial charge in [0.05, 0.1) is 12.5 Å². The van der Waals surface area contributed by atoms with Gasteiger partial charge in [-0.15, -0.1) is 10.2 Å². The van der Waals surface area contributed by atoms with E-state index in [1.165, 1.54) is 11.3 Å². The molecule has 43 heavy (non-hydrogen) atoms. The smallest absolute Gasteiger partial charge is 0.229 e. The summed E-state index contributed by atoms with van der Waals surface area (Å²) in [5.41, 5.74) is 9.07. The highest BCUT2D eigenvalue weighted by Crippen LogP contribution is 2.21. The van der Waals surface area contributed by atoms with Crippen molar-refractivity contribution < 1.29 is 14.4 Å². The van der Waals surface area contributed by atoms with Crippen molar-refractivity contribution in [1.29, 1.82) is 0 Å². The molecule has 0 fully saturated rings. The van der Waals surface area contributed by atoms with Gasteiger partial charge in [0.15, 0.2) is 0 Å². The van der Waals surface area contributed by atoms with Crippen LogP contribution in [0.3, 0.4) is 0 Å². The van der Waals surface area contributed by atoms with Crippen LogP contribution in [0.2, 0.25) is 0 Å². The Morgan fingerprint density at radius 1 is 1.00 bits per heavy atom. The zero-order valence-corrected chi connectivity index (χ0v) is 25.8. The molecule has 2 aromatic rings. The number of aromatic nitrogens is 2. The Labute approximate surface area is 257 Å². The Morgan fingerprint density at radius 2 is 1.84 bits per heavy atom. The number of carbonyl (C=O) groups excluding carboxylic acids is 3. The summed E-state index contributed by atoms with van der Waals surface area (Å²) < 4.78 is 0. The Balaban J connectivity index is 1.14. The van der Waals surface area contributed by atoms with Crippen LogP contribution in [0.15, 0.2) is 72.2 Å². The monoisotopic (exact) mass is 603 g/mol. The first-order chi connectivity index (χ1) is 20.7. The average molecular weight is 604 g/mol. The van der Waals surface area contributed by atoms with E-state index in [2.05, 4.69) is 49.2 Å². The summed E-state index contributed by atoms with van der Waals surface area (Å²) in [4.78, 5) is 37.0. The molecule has 1 aliphatic heterocycles. The number of amides is 3. The molecule has 3 amide bonds. The number of nitrogens with one attached hydrogen (secondary N) is 5. The van der Waals surface area contributed by atoms with Crippen LogP contribution in [-0.2, 0) is 27.2 Å². The molecule has 11 heteroatoms. The fourth-order valence-corrected chi connectivity index (χ4v) is 5.44. The maximum absolute atomic E-state index is 12.7. The molecular weight excluding hydrogens is 562 g/mol. The van der Waals surface area contributed by atoms with Gasteiger partial charge in [0.2, 0.25) is 22.9 Å². The van der Waals surface area contributed by atoms with Crippen LogP contribution in [0.25, 0.3) is 0 Å². The van der Waals surface area contributed by atoms with Crippen molar-refractivity contribution in [3.63, 3.8) is 0 Å². The van der Waals surface area contributed by atoms with E-state index >= 15 is 0 Å². The maximum Gasteiger partial charge on any atom is 0.229 e. The van der Waals surface area contributed by atoms with Gasteiger partial charge < -0.3 is 21.4 Å². The molecule has 1 aromatic heterocycles. The Morgan fingerprint density at radius 3 is 2.58 bits per heavy atom. The predicted octanol–water partition coefficient (Wildman–Crippen LogP) is 4.74. The number of unbranched alkanes of at least 4 members (excludes halogenated alkanes) is 1. The van der Waals surface area contributed by atoms with Crippen molar-refractivity contribution in [2.24, 2.45) is 11.8 Å². The second-order valence-corrected chi connectivity index (χ2v) is 12.2. The normalized spacial score (nSPS) is 16.4. The van der Waals surface area contributed by atoms with Crippen LogP contribution < -0.4 is 26.8 Å². The number of hydrogen-bond acceptors (Lipinski definition) is 8. The molecule has 0 saturated carbocycles. The highest BCUT2D eigenvalue weighted by molar-refractivity contribution is 7.15. The van der Waals surface area contributed by atoms with E-state index in [0.717, 1.165) is 53.9 Å². The summed E-state index contributed by atoms with van der Waals surface area (Å²) in [6.07, 6.45) is 17.0. The van der Waals surface area contributed by atoms with Gasteiger partial charge in [-0.1, -0.05) is 73.8 Å². The molecule has 2 aliphatic rings. The van der Waals surface area contributed by atoms with E-state index in [4.69, 9.17) is 0 Å². The lowest BCUT2D eigenvalue weighted by Gasteiger charge is -2.20. The highest BCUT2D eigenvalue weighted by atomic mass is 32.1. The van der Waals surface area contributed by atoms with Crippen LogP contribution >= 0.6 is 11.3 Å². The SMILES string of the molecule is CC(C)C(=O)NC(C)c1cccc(CC(=O)NC2=CC=C(CCCCc3nnc(NC(=O)CC4C=CC=CC4)s3)NN2)c1. The number of carbonyl (C=O) groups is 3. The molecule has 1 aliphatic carbocycles. The lowest BCUT2D eigenvalue weighted by molar-refractivity contribution is -0.124. The number of rotatable bonds is 14. The van der Waals surface area contributed by atoms with Crippen LogP contribution in [0, 0.1) is 11.8 Å². The summed E-state index contributed by atoms with van der Waals surface area (Å²) in [5, 5.41) is 18.6. The third kappa shape index (κ3) is 10.5. The standard InChI is InChI=1S/C32H41N7O3S/c1-21(2)31(42)33-22(3)25-13-9-12-24(18-25)20-28(40)34-27-17-16-26(36-37-27)14-7-8-15-30-38-39-32(43-30)35-29(41)19-23-10-5-4-6-11-23/h4-6,9-10,12-13,16-18,21-23,36-37H,7-8,11,14-15,19-20H2,1-3H3,(H,33,42)(H,34,40)(H,35,39,41). The first-order valence-corrected chi connectivity index (χ1v) is 15.6. The van der Waals surface area contributed by atoms with Crippen molar-refractivity contribution >= 4 is 34.2 Å². The van der Waals surface area contributed by atoms with E-state index in [0.29, 0.717) is 17.4 Å². The molecule has 0 spiro atoms. The van der Waals surface area contributed by atoms with E-state index in [1.54, 1.807) is 0 Å². The Bertz CT molecular complexity index is 1410. The molecule has 0 saturated heterocycles. The predicted molar refractivity (Wildman–Crippen MR) is 169 cm³/mol. The van der Waals surface area contributed by atoms with E-state index in [-0.39, 0.29) is 42.0 Å². The topological polar surface area (TPSA) is 137 Å². The minimum atomic E-state index is -0.135. The molecule has 0 radical (unpaired) electrons. The molecule has 1 aromatic carbocycles. The average Bonchev–Trinajstić information content (AvgIpc) is 3.43. The van der Waals surface area contributed by atoms with Crippen molar-refractivity contribution in [2.45, 2.75) is 71.8 Å². The molecule has 2 heterocycles. The third-order valence-corrected chi connectivity index (χ3v) is 8.00. The zero-order valence-electron chi connectivity index (χ0n) is 25.0. The van der Waals surface area contributed by atoms with E-state index in [9.17, 15) is 14.4 Å². The van der Waals surface area contributed by atoms with Gasteiger partial charge in [-0.25, -0.2) is 0 Å². The van der Waals surface area contributed by atoms with Gasteiger partial charge in [0, 0.05) is 24.5 Å². The molecule has 0 bridgehead atoms. The fourth-order valence-electron chi connectivity index (χ4n) is 4.64. The van der Waals surface area contributed by atoms with Crippen LogP contribution in [0.4, 0.5) is 5.13 Å². The van der Waals surface area contributed by atoms with Crippen LogP contribution in [0.1, 0.15) is 75.1 Å². The lowest BCUT2D eigenvalue weighted by Crippen LogP contribution is -2.41. The minimum absolute atomic E-state index is 0.000197. The van der Waals surface area contributed by atoms with E-state index < -0.39 is 0 Å². The summed E-state index contributed by atoms with van der Waals surface area (Å²) in [7, 11) is 0. The molecular formula is C32H41N7O3S. The first kappa shape index (κ1) is 31.7. The molecule has 4 rings (SSSR count). The van der Waals surface area contributed by atoms with Gasteiger partial charge >= 0.3 is 0 Å². The van der Waals surface area contributed by atoms with Gasteiger partial charge in [0.25, 0.3) is 0 Å². The van der Waals surface area contributed by atoms with Crippen molar-refractivity contribution in [3.05, 3.63) is 88.4 Å². The number of allylic oxidation sites excluding steroid dienone is 7. The van der Waals surface area contributed by atoms with Gasteiger partial charge in [0.1, 0.15) is 10.8 Å². The van der Waals surface area contributed by atoms with Gasteiger partial charge in [-0.3, -0.25) is 19.8 Å². The Hall–Kier alpha value is -4.25. The third-order valence-electron chi connectivity index (χ3n) is 7.10. The molecule has 10 nitrogen and oxygen atoms in total. The minimum Gasteiger partial charge on any atom is -0.349 e. The molecule has 2 unspecified atom stereocenters. The number of hydrogen-bond donors (Lipinski definition) is 5. The Kier molecular flexibility index (Phi) is 11.7. The summed E-state index contributed by atoms with van der Waals surface area (Å²) in [6, 6.07) is 7.58. The molecule has 228 valence electrons. The second-order valence-electron chi connectivity index (χ2n) is 11.1. The number of benzene rings is 1. The van der Waals surface area contributed by atoms with Crippen molar-refractivity contribution in [3.8, 4) is 0 Å². The number of hydrazine groups is 1. The first-order valence-electron chi connectivity index (χ1n) is 14.8. The van der Waals surface area contributed by atoms with Crippen molar-refractivity contribution in [1.82, 2.24) is 31.7 Å². The van der Waals surface area contributed by atoms with E-state index in [1.807, 2.05) is 69.3 Å². The summed E-state index contributed by atoms with van der Waals surface area (Å²) in [5.74, 6) is 0.567. The van der Waals surface area contributed by atoms with Crippen LogP contribution in [0.5, 0.6) is 0 Å². The zero-order chi connectivity index (χ0) is 30.6. The maximum atomic E-state index is 12.7. The second kappa shape index (κ2) is 15.8. The molecule has 5 N–H and O–H groups in total. The molecule has 2 atom stereocenters. The largest absolute Gasteiger partial charge is 0.349 e. The number of nitrogens with zero attached hydrogens (tertiary/aromatic N) is 2. The highest BCUT2D eigenvalue weighted by Gasteiger charge is 2.15.